The van der Waals surface area contributed by atoms with E-state index in [0.717, 1.165) is 28.8 Å². The molecule has 0 N–H and O–H groups in total. The molecule has 38 heavy (non-hydrogen) atoms. The molecule has 2 aromatic carbocycles. The standard InChI is InChI=1S/C26H28F6N2O4/c1-15-7-21-22(5-6-33(17(3)13-38-14-35)23(21)8-16(15)2)34(24(36)37-4)12-18-9-19(25(27,28)29)11-20(10-18)26(30,31)32/h7-11,14,17,22H,5-6,12-13H2,1-4H3. The number of benzene rings is 2. The summed E-state index contributed by atoms with van der Waals surface area (Å²) in [5.41, 5.74) is -0.0503. The summed E-state index contributed by atoms with van der Waals surface area (Å²) >= 11 is 0. The lowest BCUT2D eigenvalue weighted by Crippen LogP contribution is -2.45. The zero-order valence-corrected chi connectivity index (χ0v) is 21.2. The molecule has 0 aliphatic carbocycles. The molecular weight excluding hydrogens is 518 g/mol. The topological polar surface area (TPSA) is 59.1 Å². The van der Waals surface area contributed by atoms with Crippen molar-refractivity contribution in [1.82, 2.24) is 4.90 Å². The number of nitrogens with zero attached hydrogens (tertiary/aromatic N) is 2. The molecule has 1 aliphatic rings. The third-order valence-corrected chi connectivity index (χ3v) is 6.68. The lowest BCUT2D eigenvalue weighted by molar-refractivity contribution is -0.143. The first-order valence-electron chi connectivity index (χ1n) is 11.7. The first-order chi connectivity index (χ1) is 17.7. The predicted molar refractivity (Wildman–Crippen MR) is 126 cm³/mol. The van der Waals surface area contributed by atoms with E-state index in [1.165, 1.54) is 0 Å². The van der Waals surface area contributed by atoms with Gasteiger partial charge in [-0.25, -0.2) is 4.79 Å². The fourth-order valence-corrected chi connectivity index (χ4v) is 4.65. The first-order valence-corrected chi connectivity index (χ1v) is 11.7. The molecule has 0 fully saturated rings. The highest BCUT2D eigenvalue weighted by atomic mass is 19.4. The monoisotopic (exact) mass is 546 g/mol. The van der Waals surface area contributed by atoms with Crippen molar-refractivity contribution >= 4 is 18.3 Å². The summed E-state index contributed by atoms with van der Waals surface area (Å²) in [6.07, 6.45) is -10.6. The van der Waals surface area contributed by atoms with Crippen LogP contribution < -0.4 is 4.90 Å². The number of fused-ring (bicyclic) bond motifs is 1. The molecule has 0 spiro atoms. The second kappa shape index (κ2) is 11.1. The zero-order valence-electron chi connectivity index (χ0n) is 21.2. The van der Waals surface area contributed by atoms with Crippen LogP contribution in [0.15, 0.2) is 30.3 Å². The summed E-state index contributed by atoms with van der Waals surface area (Å²) in [5.74, 6) is 0. The molecule has 0 aromatic heterocycles. The summed E-state index contributed by atoms with van der Waals surface area (Å²) < 4.78 is 90.4. The number of hydrogen-bond acceptors (Lipinski definition) is 5. The SMILES string of the molecule is COC(=O)N(Cc1cc(C(F)(F)F)cc(C(F)(F)F)c1)C1CCN(C(C)COC=O)c2cc(C)c(C)cc21. The van der Waals surface area contributed by atoms with Crippen LogP contribution in [0.25, 0.3) is 0 Å². The number of amides is 1. The molecular formula is C26H28F6N2O4. The molecule has 1 amide bonds. The van der Waals surface area contributed by atoms with Gasteiger partial charge in [-0.2, -0.15) is 26.3 Å². The van der Waals surface area contributed by atoms with Gasteiger partial charge < -0.3 is 14.4 Å². The Hall–Kier alpha value is -3.44. The van der Waals surface area contributed by atoms with Crippen LogP contribution in [0.3, 0.4) is 0 Å². The van der Waals surface area contributed by atoms with Crippen LogP contribution in [0.4, 0.5) is 36.8 Å². The molecule has 0 bridgehead atoms. The van der Waals surface area contributed by atoms with Crippen LogP contribution in [0.1, 0.15) is 52.8 Å². The van der Waals surface area contributed by atoms with Gasteiger partial charge in [0.05, 0.1) is 30.3 Å². The Kier molecular flexibility index (Phi) is 8.52. The van der Waals surface area contributed by atoms with Gasteiger partial charge >= 0.3 is 18.4 Å². The van der Waals surface area contributed by atoms with Crippen LogP contribution >= 0.6 is 0 Å². The molecule has 0 saturated heterocycles. The number of rotatable bonds is 7. The average Bonchev–Trinajstić information content (AvgIpc) is 2.84. The van der Waals surface area contributed by atoms with E-state index in [-0.39, 0.29) is 24.3 Å². The average molecular weight is 547 g/mol. The molecule has 1 heterocycles. The first kappa shape index (κ1) is 29.1. The van der Waals surface area contributed by atoms with E-state index in [4.69, 9.17) is 9.47 Å². The van der Waals surface area contributed by atoms with Gasteiger partial charge in [0.1, 0.15) is 6.61 Å². The quantitative estimate of drug-likeness (QED) is 0.296. The van der Waals surface area contributed by atoms with E-state index in [1.807, 2.05) is 37.8 Å². The Morgan fingerprint density at radius 2 is 1.63 bits per heavy atom. The van der Waals surface area contributed by atoms with Crippen molar-refractivity contribution in [2.45, 2.75) is 58.2 Å². The van der Waals surface area contributed by atoms with E-state index in [1.54, 1.807) is 0 Å². The van der Waals surface area contributed by atoms with Gasteiger partial charge in [-0.1, -0.05) is 6.07 Å². The second-order valence-electron chi connectivity index (χ2n) is 9.28. The van der Waals surface area contributed by atoms with Gasteiger partial charge in [0, 0.05) is 18.8 Å². The molecule has 3 rings (SSSR count). The molecule has 0 radical (unpaired) electrons. The molecule has 2 aromatic rings. The maximum absolute atomic E-state index is 13.4. The maximum atomic E-state index is 13.4. The number of carbonyl (C=O) groups is 2. The second-order valence-corrected chi connectivity index (χ2v) is 9.28. The third kappa shape index (κ3) is 6.33. The van der Waals surface area contributed by atoms with Crippen molar-refractivity contribution in [3.8, 4) is 0 Å². The minimum atomic E-state index is -5.02. The number of aryl methyl sites for hydroxylation is 2. The summed E-state index contributed by atoms with van der Waals surface area (Å²) in [7, 11) is 1.10. The zero-order chi connectivity index (χ0) is 28.4. The summed E-state index contributed by atoms with van der Waals surface area (Å²) in [5, 5.41) is 0. The number of anilines is 1. The third-order valence-electron chi connectivity index (χ3n) is 6.68. The van der Waals surface area contributed by atoms with Crippen molar-refractivity contribution in [3.63, 3.8) is 0 Å². The van der Waals surface area contributed by atoms with Gasteiger partial charge in [0.15, 0.2) is 0 Å². The Morgan fingerprint density at radius 1 is 1.05 bits per heavy atom. The van der Waals surface area contributed by atoms with Crippen molar-refractivity contribution in [3.05, 3.63) is 63.7 Å². The Balaban J connectivity index is 2.09. The molecule has 1 aliphatic heterocycles. The van der Waals surface area contributed by atoms with Gasteiger partial charge in [0.25, 0.3) is 6.47 Å². The molecule has 2 unspecified atom stereocenters. The van der Waals surface area contributed by atoms with Gasteiger partial charge in [-0.3, -0.25) is 9.69 Å². The summed E-state index contributed by atoms with van der Waals surface area (Å²) in [6.45, 7) is 5.88. The molecule has 208 valence electrons. The molecule has 12 heteroatoms. The highest BCUT2D eigenvalue weighted by Crippen LogP contribution is 2.42. The minimum Gasteiger partial charge on any atom is -0.466 e. The van der Waals surface area contributed by atoms with Crippen molar-refractivity contribution < 1.29 is 45.4 Å². The van der Waals surface area contributed by atoms with Crippen LogP contribution in [0.2, 0.25) is 0 Å². The van der Waals surface area contributed by atoms with Crippen molar-refractivity contribution in [2.24, 2.45) is 0 Å². The number of carbonyl (C=O) groups excluding carboxylic acids is 2. The fourth-order valence-electron chi connectivity index (χ4n) is 4.65. The van der Waals surface area contributed by atoms with E-state index in [9.17, 15) is 35.9 Å². The normalized spacial score (nSPS) is 16.5. The van der Waals surface area contributed by atoms with Crippen molar-refractivity contribution in [2.75, 3.05) is 25.2 Å². The number of halogens is 6. The predicted octanol–water partition coefficient (Wildman–Crippen LogP) is 6.42. The van der Waals surface area contributed by atoms with Gasteiger partial charge in [0.2, 0.25) is 0 Å². The number of alkyl halides is 6. The van der Waals surface area contributed by atoms with Crippen molar-refractivity contribution in [1.29, 1.82) is 0 Å². The van der Waals surface area contributed by atoms with Crippen LogP contribution in [0, 0.1) is 13.8 Å². The Morgan fingerprint density at radius 3 is 2.16 bits per heavy atom. The van der Waals surface area contributed by atoms with Gasteiger partial charge in [-0.15, -0.1) is 0 Å². The number of ether oxygens (including phenoxy) is 2. The van der Waals surface area contributed by atoms with Crippen LogP contribution in [-0.2, 0) is 33.2 Å². The van der Waals surface area contributed by atoms with E-state index in [2.05, 4.69) is 0 Å². The molecule has 6 nitrogen and oxygen atoms in total. The Bertz CT molecular complexity index is 1150. The molecule has 0 saturated carbocycles. The maximum Gasteiger partial charge on any atom is 0.416 e. The minimum absolute atomic E-state index is 0.0503. The summed E-state index contributed by atoms with van der Waals surface area (Å²) in [6, 6.07) is 4.09. The van der Waals surface area contributed by atoms with E-state index >= 15 is 0 Å². The van der Waals surface area contributed by atoms with Crippen LogP contribution in [-0.4, -0.2) is 43.8 Å². The highest BCUT2D eigenvalue weighted by molar-refractivity contribution is 5.70. The van der Waals surface area contributed by atoms with Crippen LogP contribution in [0.5, 0.6) is 0 Å². The summed E-state index contributed by atoms with van der Waals surface area (Å²) in [4.78, 5) is 26.7. The smallest absolute Gasteiger partial charge is 0.416 e. The Labute approximate surface area is 216 Å². The fraction of sp³-hybridized carbons (Fsp3) is 0.462. The lowest BCUT2D eigenvalue weighted by Gasteiger charge is -2.43. The van der Waals surface area contributed by atoms with E-state index < -0.39 is 42.2 Å². The lowest BCUT2D eigenvalue weighted by atomic mass is 9.90. The highest BCUT2D eigenvalue weighted by Gasteiger charge is 2.39. The molecule has 2 atom stereocenters. The van der Waals surface area contributed by atoms with Gasteiger partial charge in [-0.05, 0) is 73.7 Å². The largest absolute Gasteiger partial charge is 0.466 e. The number of hydrogen-bond donors (Lipinski definition) is 0. The van der Waals surface area contributed by atoms with E-state index in [0.29, 0.717) is 37.1 Å². The number of methoxy groups -OCH3 is 1.